The van der Waals surface area contributed by atoms with E-state index in [4.69, 9.17) is 0 Å². The fraction of sp³-hybridized carbons (Fsp3) is 0.667. The van der Waals surface area contributed by atoms with Crippen LogP contribution >= 0.6 is 0 Å². The van der Waals surface area contributed by atoms with Gasteiger partial charge in [-0.1, -0.05) is 0 Å². The van der Waals surface area contributed by atoms with Crippen molar-refractivity contribution in [3.8, 4) is 0 Å². The van der Waals surface area contributed by atoms with Crippen molar-refractivity contribution in [1.82, 2.24) is 14.9 Å². The van der Waals surface area contributed by atoms with Gasteiger partial charge in [-0.3, -0.25) is 10.2 Å². The topological polar surface area (TPSA) is 59.8 Å². The van der Waals surface area contributed by atoms with Gasteiger partial charge in [0.15, 0.2) is 0 Å². The molecule has 1 aromatic rings. The fourth-order valence-electron chi connectivity index (χ4n) is 1.96. The van der Waals surface area contributed by atoms with Gasteiger partial charge in [-0.2, -0.15) is 43.9 Å². The van der Waals surface area contributed by atoms with Gasteiger partial charge in [-0.15, -0.1) is 10.2 Å². The van der Waals surface area contributed by atoms with E-state index in [9.17, 15) is 53.1 Å². The Kier molecular flexibility index (Phi) is 3.62. The molecular weight excluding hydrogens is 389 g/mol. The first kappa shape index (κ1) is 19.2. The summed E-state index contributed by atoms with van der Waals surface area (Å²) in [4.78, 5) is 11.4. The molecule has 0 atom stereocenters. The van der Waals surface area contributed by atoms with Crippen LogP contribution in [0.25, 0.3) is 0 Å². The number of carbonyl (C=O) groups excluding carboxylic acids is 1. The monoisotopic (exact) mass is 392 g/mol. The van der Waals surface area contributed by atoms with Crippen LogP contribution in [-0.4, -0.2) is 56.1 Å². The molecule has 142 valence electrons. The number of carbonyl (C=O) groups is 1. The van der Waals surface area contributed by atoms with Crippen molar-refractivity contribution in [2.75, 3.05) is 5.43 Å². The number of nitrogens with zero attached hydrogens (tertiary/aromatic N) is 3. The number of halogens is 11. The van der Waals surface area contributed by atoms with E-state index < -0.39 is 41.2 Å². The highest BCUT2D eigenvalue weighted by molar-refractivity contribution is 5.94. The Balaban J connectivity index is 2.71. The normalized spacial score (nSPS) is 27.5. The second-order valence-electron chi connectivity index (χ2n) is 4.84. The lowest BCUT2D eigenvalue weighted by atomic mass is 9.72. The van der Waals surface area contributed by atoms with Crippen molar-refractivity contribution in [2.24, 2.45) is 0 Å². The number of alkyl halides is 11. The fourth-order valence-corrected chi connectivity index (χ4v) is 1.96. The summed E-state index contributed by atoms with van der Waals surface area (Å²) in [6.07, 6.45) is 0.677. The van der Waals surface area contributed by atoms with Crippen molar-refractivity contribution in [3.05, 3.63) is 12.7 Å². The third-order valence-electron chi connectivity index (χ3n) is 3.40. The van der Waals surface area contributed by atoms with Crippen LogP contribution < -0.4 is 5.43 Å². The summed E-state index contributed by atoms with van der Waals surface area (Å²) < 4.78 is 147. The van der Waals surface area contributed by atoms with E-state index >= 15 is 0 Å². The lowest BCUT2D eigenvalue weighted by molar-refractivity contribution is -0.475. The third-order valence-corrected chi connectivity index (χ3v) is 3.40. The predicted octanol–water partition coefficient (Wildman–Crippen LogP) is 2.25. The number of hydrogen-bond acceptors (Lipinski definition) is 3. The summed E-state index contributed by atoms with van der Waals surface area (Å²) in [6, 6.07) is 0. The van der Waals surface area contributed by atoms with Crippen LogP contribution in [0.4, 0.5) is 48.3 Å². The maximum absolute atomic E-state index is 14.2. The molecule has 1 aromatic heterocycles. The summed E-state index contributed by atoms with van der Waals surface area (Å²) in [7, 11) is 0. The summed E-state index contributed by atoms with van der Waals surface area (Å²) in [5.41, 5.74) is -6.00. The molecule has 1 heterocycles. The maximum Gasteiger partial charge on any atom is 0.384 e. The average molecular weight is 392 g/mol. The lowest BCUT2D eigenvalue weighted by Gasteiger charge is -2.51. The van der Waals surface area contributed by atoms with Gasteiger partial charge in [0.2, 0.25) is 0 Å². The molecule has 0 radical (unpaired) electrons. The van der Waals surface area contributed by atoms with E-state index in [0.717, 1.165) is 5.43 Å². The van der Waals surface area contributed by atoms with Gasteiger partial charge < -0.3 is 0 Å². The van der Waals surface area contributed by atoms with Crippen molar-refractivity contribution >= 4 is 5.91 Å². The molecule has 2 rings (SSSR count). The summed E-state index contributed by atoms with van der Waals surface area (Å²) in [6.45, 7) is 0. The second kappa shape index (κ2) is 4.72. The molecule has 1 fully saturated rings. The first-order chi connectivity index (χ1) is 11.0. The summed E-state index contributed by atoms with van der Waals surface area (Å²) in [5.74, 6) is -40.0. The zero-order chi connectivity index (χ0) is 19.7. The zero-order valence-electron chi connectivity index (χ0n) is 11.1. The standard InChI is InChI=1S/C9H3F11N4O/c10-4(3(25)23-24-1-21-22-2-24)5(11,12)7(15,16)9(19,20)8(17,18)6(4,13)14/h1-2H,(H,23,25). The van der Waals surface area contributed by atoms with E-state index in [1.807, 2.05) is 0 Å². The highest BCUT2D eigenvalue weighted by Crippen LogP contribution is 2.69. The Morgan fingerprint density at radius 3 is 1.36 bits per heavy atom. The number of rotatable bonds is 2. The quantitative estimate of drug-likeness (QED) is 0.786. The Hall–Kier alpha value is -2.16. The SMILES string of the molecule is O=C(Nn1cnnc1)C1(F)C(F)(F)C(F)(F)C(F)(F)C(F)(F)C1(F)F. The third kappa shape index (κ3) is 1.81. The Morgan fingerprint density at radius 1 is 0.680 bits per heavy atom. The molecular formula is C9H3F11N4O. The first-order valence-electron chi connectivity index (χ1n) is 5.74. The highest BCUT2D eigenvalue weighted by Gasteiger charge is 3.02. The van der Waals surface area contributed by atoms with E-state index in [0.29, 0.717) is 12.7 Å². The molecule has 0 aliphatic heterocycles. The molecule has 1 N–H and O–H groups in total. The Labute approximate surface area is 128 Å². The average Bonchev–Trinajstić information content (AvgIpc) is 2.96. The molecule has 0 unspecified atom stereocenters. The van der Waals surface area contributed by atoms with Crippen molar-refractivity contribution in [3.63, 3.8) is 0 Å². The number of hydrogen-bond donors (Lipinski definition) is 1. The van der Waals surface area contributed by atoms with Crippen LogP contribution in [-0.2, 0) is 4.79 Å². The predicted molar refractivity (Wildman–Crippen MR) is 53.0 cm³/mol. The molecule has 5 nitrogen and oxygen atoms in total. The van der Waals surface area contributed by atoms with E-state index in [1.54, 1.807) is 0 Å². The molecule has 25 heavy (non-hydrogen) atoms. The van der Waals surface area contributed by atoms with Gasteiger partial charge in [0, 0.05) is 0 Å². The maximum atomic E-state index is 14.2. The van der Waals surface area contributed by atoms with Crippen LogP contribution in [0.3, 0.4) is 0 Å². The van der Waals surface area contributed by atoms with E-state index in [-0.39, 0.29) is 4.68 Å². The molecule has 0 aromatic carbocycles. The van der Waals surface area contributed by atoms with Gasteiger partial charge in [0.05, 0.1) is 0 Å². The van der Waals surface area contributed by atoms with Crippen molar-refractivity contribution < 1.29 is 53.1 Å². The van der Waals surface area contributed by atoms with E-state index in [1.165, 1.54) is 0 Å². The largest absolute Gasteiger partial charge is 0.384 e. The first-order valence-corrected chi connectivity index (χ1v) is 5.74. The minimum atomic E-state index is -7.38. The van der Waals surface area contributed by atoms with Crippen LogP contribution in [0, 0.1) is 0 Å². The van der Waals surface area contributed by atoms with Gasteiger partial charge in [-0.05, 0) is 0 Å². The summed E-state index contributed by atoms with van der Waals surface area (Å²) >= 11 is 0. The number of nitrogens with one attached hydrogen (secondary N) is 1. The van der Waals surface area contributed by atoms with Crippen LogP contribution in [0.15, 0.2) is 12.7 Å². The lowest BCUT2D eigenvalue weighted by Crippen LogP contribution is -2.86. The smallest absolute Gasteiger partial charge is 0.269 e. The minimum absolute atomic E-state index is 0.0428. The van der Waals surface area contributed by atoms with Gasteiger partial charge in [0.25, 0.3) is 5.91 Å². The molecule has 1 saturated carbocycles. The summed E-state index contributed by atoms with van der Waals surface area (Å²) in [5, 5.41) is 5.76. The Morgan fingerprint density at radius 2 is 1.00 bits per heavy atom. The zero-order valence-corrected chi connectivity index (χ0v) is 11.1. The van der Waals surface area contributed by atoms with Crippen LogP contribution in [0.1, 0.15) is 0 Å². The van der Waals surface area contributed by atoms with Gasteiger partial charge in [0.1, 0.15) is 12.7 Å². The number of amides is 1. The minimum Gasteiger partial charge on any atom is -0.269 e. The van der Waals surface area contributed by atoms with Crippen LogP contribution in [0.5, 0.6) is 0 Å². The number of aromatic nitrogens is 3. The van der Waals surface area contributed by atoms with Crippen LogP contribution in [0.2, 0.25) is 0 Å². The molecule has 1 amide bonds. The molecule has 0 saturated heterocycles. The second-order valence-corrected chi connectivity index (χ2v) is 4.84. The van der Waals surface area contributed by atoms with E-state index in [2.05, 4.69) is 10.2 Å². The van der Waals surface area contributed by atoms with Gasteiger partial charge >= 0.3 is 35.3 Å². The van der Waals surface area contributed by atoms with Gasteiger partial charge in [-0.25, -0.2) is 9.07 Å². The highest BCUT2D eigenvalue weighted by atomic mass is 19.4. The molecule has 1 aliphatic rings. The van der Waals surface area contributed by atoms with Crippen molar-refractivity contribution in [2.45, 2.75) is 35.3 Å². The molecule has 16 heteroatoms. The Bertz CT molecular complexity index is 656. The van der Waals surface area contributed by atoms with Crippen molar-refractivity contribution in [1.29, 1.82) is 0 Å². The molecule has 0 bridgehead atoms. The molecule has 0 spiro atoms. The molecule has 1 aliphatic carbocycles.